The van der Waals surface area contributed by atoms with Gasteiger partial charge in [-0.25, -0.2) is 9.59 Å². The Hall–Kier alpha value is -3.43. The number of aromatic amines is 1. The van der Waals surface area contributed by atoms with Crippen LogP contribution in [-0.2, 0) is 52.2 Å². The Kier molecular flexibility index (Phi) is 10.6. The first-order valence-electron chi connectivity index (χ1n) is 17.6. The summed E-state index contributed by atoms with van der Waals surface area (Å²) in [6, 6.07) is -0.139. The van der Waals surface area contributed by atoms with Crippen molar-refractivity contribution in [2.24, 2.45) is 10.9 Å². The standard InChI is InChI=1S/C34H50N4O15/c1-32(2,3)53-31(44)35-14-17-21-25(52-33(4,5)49-21)29(46-17)48-20(15-10-11-16(39)19(28(42)45-9)37(8)26(15)41)22-23-24(51-34(6,7)50-23)27(47-22)38-13-12-18(40)36-30(38)43/h12-13,15-17,19-25,27,29,39H,10-11,14H2,1-9H3,(H,35,44)(H,36,40,43)/p-1/t15-,16-,17?,19-,20-,21?,22?,23?,24?,25?,27?,29?/m0/s1. The van der Waals surface area contributed by atoms with E-state index in [0.29, 0.717) is 0 Å². The number of ether oxygens (including phenoxy) is 9. The van der Waals surface area contributed by atoms with Crippen LogP contribution in [0.2, 0.25) is 0 Å². The van der Waals surface area contributed by atoms with E-state index in [1.807, 2.05) is 0 Å². The zero-order chi connectivity index (χ0) is 38.8. The molecule has 19 heteroatoms. The maximum absolute atomic E-state index is 14.4. The van der Waals surface area contributed by atoms with Gasteiger partial charge in [0.05, 0.1) is 25.7 Å². The first-order valence-corrected chi connectivity index (χ1v) is 17.6. The second-order valence-electron chi connectivity index (χ2n) is 15.8. The predicted molar refractivity (Wildman–Crippen MR) is 177 cm³/mol. The zero-order valence-electron chi connectivity index (χ0n) is 31.2. The van der Waals surface area contributed by atoms with Crippen molar-refractivity contribution in [3.05, 3.63) is 33.1 Å². The molecule has 8 unspecified atom stereocenters. The van der Waals surface area contributed by atoms with Gasteiger partial charge in [-0.2, -0.15) is 0 Å². The molecule has 5 fully saturated rings. The van der Waals surface area contributed by atoms with Crippen LogP contribution in [0.15, 0.2) is 26.8 Å². The van der Waals surface area contributed by atoms with Gasteiger partial charge in [0, 0.05) is 24.9 Å². The Balaban J connectivity index is 1.38. The fraction of sp³-hybridized carbons (Fsp3) is 0.794. The van der Waals surface area contributed by atoms with E-state index in [1.54, 1.807) is 48.5 Å². The van der Waals surface area contributed by atoms with Gasteiger partial charge in [0.2, 0.25) is 5.91 Å². The number of carbonyl (C=O) groups is 2. The largest absolute Gasteiger partial charge is 0.595 e. The second kappa shape index (κ2) is 14.3. The Bertz CT molecular complexity index is 1690. The van der Waals surface area contributed by atoms with Gasteiger partial charge in [-0.3, -0.25) is 24.1 Å². The van der Waals surface area contributed by atoms with Gasteiger partial charge < -0.3 is 57.7 Å². The van der Waals surface area contributed by atoms with Gasteiger partial charge in [-0.15, -0.1) is 0 Å². The van der Waals surface area contributed by atoms with Crippen LogP contribution < -0.4 is 16.4 Å². The third-order valence-corrected chi connectivity index (χ3v) is 9.77. The summed E-state index contributed by atoms with van der Waals surface area (Å²) in [5, 5.41) is 23.6. The minimum Gasteiger partial charge on any atom is -0.595 e. The molecule has 2 N–H and O–H groups in total. The number of aliphatic hydroxyl groups is 1. The molecule has 1 amide bonds. The van der Waals surface area contributed by atoms with Crippen LogP contribution in [0.1, 0.15) is 67.5 Å². The molecule has 5 aliphatic rings. The van der Waals surface area contributed by atoms with Crippen LogP contribution in [0.3, 0.4) is 0 Å². The molecule has 0 radical (unpaired) electrons. The number of hydrogen-bond acceptors (Lipinski definition) is 16. The molecular weight excluding hydrogens is 704 g/mol. The van der Waals surface area contributed by atoms with Crippen LogP contribution in [0.25, 0.3) is 0 Å². The molecule has 0 saturated carbocycles. The SMILES string of the molecule is COC(=O)[C@@H]1[C@@H](O)CC[C@@H]([C@H](OC2OC(CN=C([O-])OC(C)(C)C)C3OC(C)(C)OC23)C2OC(n3ccc(=O)[nH]c3=O)C3OC(C)(C)OC32)C(=O)N1C. The third-order valence-electron chi connectivity index (χ3n) is 9.77. The molecule has 19 nitrogen and oxygen atoms in total. The number of aromatic nitrogens is 2. The summed E-state index contributed by atoms with van der Waals surface area (Å²) in [4.78, 5) is 59.5. The van der Waals surface area contributed by atoms with Crippen LogP contribution in [-0.4, -0.2) is 137 Å². The maximum atomic E-state index is 14.4. The van der Waals surface area contributed by atoms with Crippen LogP contribution in [0.4, 0.5) is 0 Å². The average Bonchev–Trinajstić information content (AvgIpc) is 3.72. The molecule has 0 aromatic carbocycles. The predicted octanol–water partition coefficient (Wildman–Crippen LogP) is -1.11. The highest BCUT2D eigenvalue weighted by Crippen LogP contribution is 2.47. The molecule has 0 bridgehead atoms. The molecule has 6 rings (SSSR count). The van der Waals surface area contributed by atoms with Crippen LogP contribution >= 0.6 is 0 Å². The fourth-order valence-corrected chi connectivity index (χ4v) is 7.67. The van der Waals surface area contributed by atoms with Gasteiger partial charge in [-0.1, -0.05) is 20.8 Å². The summed E-state index contributed by atoms with van der Waals surface area (Å²) < 4.78 is 56.0. The van der Waals surface area contributed by atoms with Crippen molar-refractivity contribution in [1.82, 2.24) is 14.5 Å². The van der Waals surface area contributed by atoms with Crippen molar-refractivity contribution in [2.75, 3.05) is 20.7 Å². The van der Waals surface area contributed by atoms with Crippen LogP contribution in [0, 0.1) is 5.92 Å². The van der Waals surface area contributed by atoms with Gasteiger partial charge in [0.25, 0.3) is 5.56 Å². The smallest absolute Gasteiger partial charge is 0.331 e. The number of esters is 1. The molecule has 296 valence electrons. The van der Waals surface area contributed by atoms with Crippen molar-refractivity contribution < 1.29 is 62.4 Å². The number of likely N-dealkylation sites (N-methyl/N-ethyl adjacent to an activating group) is 1. The van der Waals surface area contributed by atoms with E-state index in [-0.39, 0.29) is 19.4 Å². The molecule has 5 saturated heterocycles. The number of likely N-dealkylation sites (tertiary alicyclic amines) is 1. The number of nitrogens with one attached hydrogen (secondary N) is 1. The van der Waals surface area contributed by atoms with E-state index in [4.69, 9.17) is 42.6 Å². The number of aliphatic imine (C=N–C) groups is 1. The van der Waals surface area contributed by atoms with Crippen molar-refractivity contribution in [2.45, 2.75) is 146 Å². The number of amides is 1. The summed E-state index contributed by atoms with van der Waals surface area (Å²) in [7, 11) is 2.55. The monoisotopic (exact) mass is 753 g/mol. The highest BCUT2D eigenvalue weighted by Gasteiger charge is 2.63. The summed E-state index contributed by atoms with van der Waals surface area (Å²) in [5.74, 6) is -4.71. The number of aliphatic hydroxyl groups excluding tert-OH is 1. The van der Waals surface area contributed by atoms with E-state index >= 15 is 0 Å². The summed E-state index contributed by atoms with van der Waals surface area (Å²) in [6.07, 6.45) is -9.84. The lowest BCUT2D eigenvalue weighted by atomic mass is 9.89. The minimum atomic E-state index is -1.30. The number of hydrogen-bond donors (Lipinski definition) is 2. The Morgan fingerprint density at radius 2 is 1.68 bits per heavy atom. The first-order chi connectivity index (χ1) is 24.7. The summed E-state index contributed by atoms with van der Waals surface area (Å²) in [6.45, 7) is 11.8. The molecule has 12 atom stereocenters. The lowest BCUT2D eigenvalue weighted by Crippen LogP contribution is -2.54. The molecular formula is C34H49N4O15-. The summed E-state index contributed by atoms with van der Waals surface area (Å²) in [5.41, 5.74) is -2.15. The number of H-pyrrole nitrogens is 1. The van der Waals surface area contributed by atoms with Crippen LogP contribution in [0.5, 0.6) is 0 Å². The normalized spacial score (nSPS) is 37.2. The van der Waals surface area contributed by atoms with Crippen molar-refractivity contribution in [1.29, 1.82) is 0 Å². The van der Waals surface area contributed by atoms with E-state index in [2.05, 4.69) is 9.98 Å². The average molecular weight is 754 g/mol. The highest BCUT2D eigenvalue weighted by molar-refractivity contribution is 5.87. The molecule has 0 aliphatic carbocycles. The minimum absolute atomic E-state index is 0.00550. The molecule has 1 aromatic heterocycles. The molecule has 6 heterocycles. The number of fused-ring (bicyclic) bond motifs is 2. The quantitative estimate of drug-likeness (QED) is 0.182. The molecule has 5 aliphatic heterocycles. The van der Waals surface area contributed by atoms with Gasteiger partial charge in [0.1, 0.15) is 48.8 Å². The van der Waals surface area contributed by atoms with Crippen molar-refractivity contribution in [3.63, 3.8) is 0 Å². The third kappa shape index (κ3) is 8.02. The molecule has 1 aromatic rings. The topological polar surface area (TPSA) is 231 Å². The second-order valence-corrected chi connectivity index (χ2v) is 15.8. The molecule has 53 heavy (non-hydrogen) atoms. The van der Waals surface area contributed by atoms with Crippen molar-refractivity contribution in [3.8, 4) is 0 Å². The van der Waals surface area contributed by atoms with Crippen molar-refractivity contribution >= 4 is 18.0 Å². The van der Waals surface area contributed by atoms with E-state index < -0.39 is 120 Å². The lowest BCUT2D eigenvalue weighted by molar-refractivity contribution is -0.272. The number of methoxy groups -OCH3 is 1. The Labute approximate surface area is 305 Å². The number of rotatable bonds is 8. The van der Waals surface area contributed by atoms with Gasteiger partial charge in [-0.05, 0) is 40.5 Å². The van der Waals surface area contributed by atoms with E-state index in [9.17, 15) is 29.4 Å². The maximum Gasteiger partial charge on any atom is 0.331 e. The van der Waals surface area contributed by atoms with Gasteiger partial charge in [0.15, 0.2) is 30.1 Å². The van der Waals surface area contributed by atoms with E-state index in [0.717, 1.165) is 22.6 Å². The highest BCUT2D eigenvalue weighted by atomic mass is 16.8. The molecule has 0 spiro atoms. The Morgan fingerprint density at radius 3 is 2.32 bits per heavy atom. The zero-order valence-corrected chi connectivity index (χ0v) is 31.2. The van der Waals surface area contributed by atoms with E-state index in [1.165, 1.54) is 13.2 Å². The van der Waals surface area contributed by atoms with Gasteiger partial charge >= 0.3 is 11.7 Å². The number of carbonyl (C=O) groups excluding carboxylic acids is 2. The first kappa shape index (κ1) is 39.3. The lowest BCUT2D eigenvalue weighted by Gasteiger charge is -2.37. The fourth-order valence-electron chi connectivity index (χ4n) is 7.67. The number of nitrogens with zero attached hydrogens (tertiary/aromatic N) is 3. The Morgan fingerprint density at radius 1 is 1.04 bits per heavy atom. The summed E-state index contributed by atoms with van der Waals surface area (Å²) >= 11 is 0.